The van der Waals surface area contributed by atoms with Gasteiger partial charge in [0.15, 0.2) is 17.2 Å². The SMILES string of the molecule is CC(C)CNC(=O)c1coc(CN(Cc2ccc(C(F)(F)F)cc2)Cc2ccc3c(c2)OCO3)n1. The molecule has 1 aliphatic heterocycles. The zero-order valence-corrected chi connectivity index (χ0v) is 19.4. The highest BCUT2D eigenvalue weighted by atomic mass is 19.4. The molecule has 1 N–H and O–H groups in total. The number of carbonyl (C=O) groups is 1. The molecule has 2 aromatic carbocycles. The second-order valence-corrected chi connectivity index (χ2v) is 8.76. The number of halogens is 3. The molecule has 0 radical (unpaired) electrons. The number of ether oxygens (including phenoxy) is 2. The van der Waals surface area contributed by atoms with E-state index in [1.165, 1.54) is 18.4 Å². The number of amides is 1. The Morgan fingerprint density at radius 2 is 1.71 bits per heavy atom. The Kier molecular flexibility index (Phi) is 7.30. The minimum atomic E-state index is -4.39. The normalized spacial score (nSPS) is 13.0. The summed E-state index contributed by atoms with van der Waals surface area (Å²) in [5.74, 6) is 1.60. The summed E-state index contributed by atoms with van der Waals surface area (Å²) in [6, 6.07) is 10.6. The van der Waals surface area contributed by atoms with E-state index >= 15 is 0 Å². The van der Waals surface area contributed by atoms with E-state index < -0.39 is 11.7 Å². The summed E-state index contributed by atoms with van der Waals surface area (Å²) in [5.41, 5.74) is 1.09. The first kappa shape index (κ1) is 24.6. The van der Waals surface area contributed by atoms with E-state index in [1.807, 2.05) is 36.9 Å². The molecule has 0 aliphatic carbocycles. The predicted molar refractivity (Wildman–Crippen MR) is 121 cm³/mol. The van der Waals surface area contributed by atoms with Crippen LogP contribution in [0.4, 0.5) is 13.2 Å². The number of benzene rings is 2. The van der Waals surface area contributed by atoms with Crippen molar-refractivity contribution in [3.63, 3.8) is 0 Å². The molecule has 4 rings (SSSR count). The number of hydrogen-bond acceptors (Lipinski definition) is 6. The fourth-order valence-electron chi connectivity index (χ4n) is 3.59. The third kappa shape index (κ3) is 6.54. The van der Waals surface area contributed by atoms with Crippen LogP contribution in [0.1, 0.15) is 46.9 Å². The van der Waals surface area contributed by atoms with Crippen molar-refractivity contribution >= 4 is 5.91 Å². The van der Waals surface area contributed by atoms with Gasteiger partial charge in [0.05, 0.1) is 12.1 Å². The van der Waals surface area contributed by atoms with Crippen molar-refractivity contribution in [1.82, 2.24) is 15.2 Å². The lowest BCUT2D eigenvalue weighted by Gasteiger charge is -2.21. The van der Waals surface area contributed by atoms with Crippen molar-refractivity contribution in [3.05, 3.63) is 77.0 Å². The number of fused-ring (bicyclic) bond motifs is 1. The molecule has 3 aromatic rings. The number of carbonyl (C=O) groups excluding carboxylic acids is 1. The number of hydrogen-bond donors (Lipinski definition) is 1. The number of aromatic nitrogens is 1. The van der Waals surface area contributed by atoms with E-state index in [1.54, 1.807) is 0 Å². The third-order valence-corrected chi connectivity index (χ3v) is 5.34. The first-order valence-corrected chi connectivity index (χ1v) is 11.2. The van der Waals surface area contributed by atoms with Gasteiger partial charge in [0.2, 0.25) is 12.7 Å². The summed E-state index contributed by atoms with van der Waals surface area (Å²) in [4.78, 5) is 18.5. The van der Waals surface area contributed by atoms with Gasteiger partial charge in [-0.2, -0.15) is 13.2 Å². The van der Waals surface area contributed by atoms with Crippen LogP contribution in [0.5, 0.6) is 11.5 Å². The summed E-state index contributed by atoms with van der Waals surface area (Å²) in [5, 5.41) is 2.79. The predicted octanol–water partition coefficient (Wildman–Crippen LogP) is 5.01. The van der Waals surface area contributed by atoms with Crippen molar-refractivity contribution in [2.45, 2.75) is 39.7 Å². The van der Waals surface area contributed by atoms with Gasteiger partial charge in [-0.3, -0.25) is 9.69 Å². The molecule has 0 fully saturated rings. The van der Waals surface area contributed by atoms with Crippen molar-refractivity contribution in [3.8, 4) is 11.5 Å². The maximum Gasteiger partial charge on any atom is 0.416 e. The van der Waals surface area contributed by atoms with Crippen LogP contribution in [0, 0.1) is 5.92 Å². The fraction of sp³-hybridized carbons (Fsp3) is 0.360. The van der Waals surface area contributed by atoms with Gasteiger partial charge in [0.25, 0.3) is 5.91 Å². The molecule has 1 aromatic heterocycles. The lowest BCUT2D eigenvalue weighted by Crippen LogP contribution is -2.27. The van der Waals surface area contributed by atoms with E-state index in [2.05, 4.69) is 10.3 Å². The van der Waals surface area contributed by atoms with Crippen molar-refractivity contribution in [2.24, 2.45) is 5.92 Å². The lowest BCUT2D eigenvalue weighted by atomic mass is 10.1. The molecular formula is C25H26F3N3O4. The molecule has 0 saturated heterocycles. The minimum absolute atomic E-state index is 0.159. The number of alkyl halides is 3. The standard InChI is InChI=1S/C25H26F3N3O4/c1-16(2)10-29-24(32)20-14-33-23(30-20)13-31(11-17-3-6-19(7-4-17)25(26,27)28)12-18-5-8-21-22(9-18)35-15-34-21/h3-9,14,16H,10-13,15H2,1-2H3,(H,29,32). The van der Waals surface area contributed by atoms with Gasteiger partial charge in [0, 0.05) is 19.6 Å². The third-order valence-electron chi connectivity index (χ3n) is 5.34. The van der Waals surface area contributed by atoms with E-state index in [9.17, 15) is 18.0 Å². The molecule has 0 bridgehead atoms. The Morgan fingerprint density at radius 1 is 1.03 bits per heavy atom. The van der Waals surface area contributed by atoms with E-state index in [-0.39, 0.29) is 24.9 Å². The summed E-state index contributed by atoms with van der Waals surface area (Å²) in [6.07, 6.45) is -3.09. The average Bonchev–Trinajstić information content (AvgIpc) is 3.46. The van der Waals surface area contributed by atoms with Crippen molar-refractivity contribution in [1.29, 1.82) is 0 Å². The van der Waals surface area contributed by atoms with Crippen LogP contribution in [-0.2, 0) is 25.8 Å². The average molecular weight is 489 g/mol. The Bertz CT molecular complexity index is 1160. The van der Waals surface area contributed by atoms with Crippen molar-refractivity contribution in [2.75, 3.05) is 13.3 Å². The van der Waals surface area contributed by atoms with Crippen LogP contribution in [0.15, 0.2) is 53.1 Å². The van der Waals surface area contributed by atoms with Gasteiger partial charge in [-0.15, -0.1) is 0 Å². The Hall–Kier alpha value is -3.53. The smallest absolute Gasteiger partial charge is 0.416 e. The van der Waals surface area contributed by atoms with E-state index in [0.717, 1.165) is 17.7 Å². The van der Waals surface area contributed by atoms with Crippen molar-refractivity contribution < 1.29 is 31.9 Å². The maximum atomic E-state index is 12.9. The molecule has 0 atom stereocenters. The fourth-order valence-corrected chi connectivity index (χ4v) is 3.59. The molecule has 1 amide bonds. The van der Waals surface area contributed by atoms with E-state index in [4.69, 9.17) is 13.9 Å². The first-order valence-electron chi connectivity index (χ1n) is 11.2. The van der Waals surface area contributed by atoms with Gasteiger partial charge in [0.1, 0.15) is 6.26 Å². The molecule has 0 spiro atoms. The van der Waals surface area contributed by atoms with Crippen LogP contribution in [-0.4, -0.2) is 29.1 Å². The van der Waals surface area contributed by atoms with E-state index in [0.29, 0.717) is 48.5 Å². The molecule has 0 unspecified atom stereocenters. The van der Waals surface area contributed by atoms with Crippen LogP contribution < -0.4 is 14.8 Å². The number of nitrogens with zero attached hydrogens (tertiary/aromatic N) is 2. The molecule has 1 aliphatic rings. The molecular weight excluding hydrogens is 463 g/mol. The number of rotatable bonds is 9. The minimum Gasteiger partial charge on any atom is -0.454 e. The second-order valence-electron chi connectivity index (χ2n) is 8.76. The molecule has 10 heteroatoms. The molecule has 7 nitrogen and oxygen atoms in total. The highest BCUT2D eigenvalue weighted by molar-refractivity contribution is 5.91. The molecule has 186 valence electrons. The number of oxazole rings is 1. The van der Waals surface area contributed by atoms with Crippen LogP contribution in [0.3, 0.4) is 0 Å². The molecule has 0 saturated carbocycles. The molecule has 35 heavy (non-hydrogen) atoms. The van der Waals surface area contributed by atoms with Crippen LogP contribution >= 0.6 is 0 Å². The van der Waals surface area contributed by atoms with Gasteiger partial charge >= 0.3 is 6.18 Å². The first-order chi connectivity index (χ1) is 16.7. The monoisotopic (exact) mass is 489 g/mol. The lowest BCUT2D eigenvalue weighted by molar-refractivity contribution is -0.137. The summed E-state index contributed by atoms with van der Waals surface area (Å²) < 4.78 is 55.2. The maximum absolute atomic E-state index is 12.9. The van der Waals surface area contributed by atoms with Crippen LogP contribution in [0.25, 0.3) is 0 Å². The Labute approximate surface area is 200 Å². The highest BCUT2D eigenvalue weighted by Crippen LogP contribution is 2.33. The van der Waals surface area contributed by atoms with Gasteiger partial charge < -0.3 is 19.2 Å². The summed E-state index contributed by atoms with van der Waals surface area (Å²) in [7, 11) is 0. The van der Waals surface area contributed by atoms with Crippen LogP contribution in [0.2, 0.25) is 0 Å². The van der Waals surface area contributed by atoms with Gasteiger partial charge in [-0.25, -0.2) is 4.98 Å². The highest BCUT2D eigenvalue weighted by Gasteiger charge is 2.30. The zero-order valence-electron chi connectivity index (χ0n) is 19.4. The molecule has 2 heterocycles. The second kappa shape index (κ2) is 10.4. The zero-order chi connectivity index (χ0) is 25.0. The Balaban J connectivity index is 1.50. The Morgan fingerprint density at radius 3 is 2.43 bits per heavy atom. The van der Waals surface area contributed by atoms with Gasteiger partial charge in [-0.1, -0.05) is 32.0 Å². The quantitative estimate of drug-likeness (QED) is 0.455. The largest absolute Gasteiger partial charge is 0.454 e. The van der Waals surface area contributed by atoms with Gasteiger partial charge in [-0.05, 0) is 41.3 Å². The summed E-state index contributed by atoms with van der Waals surface area (Å²) in [6.45, 7) is 5.68. The topological polar surface area (TPSA) is 76.8 Å². The summed E-state index contributed by atoms with van der Waals surface area (Å²) >= 11 is 0. The number of nitrogens with one attached hydrogen (secondary N) is 1.